The summed E-state index contributed by atoms with van der Waals surface area (Å²) in [6, 6.07) is 0. The van der Waals surface area contributed by atoms with Crippen LogP contribution in [0, 0.1) is 17.8 Å². The van der Waals surface area contributed by atoms with Gasteiger partial charge in [0.2, 0.25) is 0 Å². The van der Waals surface area contributed by atoms with Gasteiger partial charge >= 0.3 is 0 Å². The maximum absolute atomic E-state index is 13.1. The van der Waals surface area contributed by atoms with Crippen molar-refractivity contribution >= 4 is 0 Å². The van der Waals surface area contributed by atoms with Gasteiger partial charge in [-0.15, -0.1) is 0 Å². The molecule has 0 amide bonds. The van der Waals surface area contributed by atoms with E-state index in [2.05, 4.69) is 20.8 Å². The minimum atomic E-state index is -0.509. The number of alkyl halides is 1. The maximum atomic E-state index is 13.1. The van der Waals surface area contributed by atoms with Crippen molar-refractivity contribution in [3.8, 4) is 0 Å². The van der Waals surface area contributed by atoms with E-state index in [1.807, 2.05) is 0 Å². The SMILES string of the molecule is CC(C)[C@H](C)C1CCCC(F)C1. The molecule has 0 N–H and O–H groups in total. The molecule has 0 radical (unpaired) electrons. The molecule has 1 aliphatic carbocycles. The van der Waals surface area contributed by atoms with Gasteiger partial charge in [0.25, 0.3) is 0 Å². The van der Waals surface area contributed by atoms with Crippen molar-refractivity contribution in [1.29, 1.82) is 0 Å². The third-order valence-corrected chi connectivity index (χ3v) is 3.45. The van der Waals surface area contributed by atoms with Gasteiger partial charge in [-0.1, -0.05) is 27.2 Å². The highest BCUT2D eigenvalue weighted by Crippen LogP contribution is 2.34. The minimum absolute atomic E-state index is 0.509. The Kier molecular flexibility index (Phi) is 3.54. The van der Waals surface area contributed by atoms with Crippen molar-refractivity contribution in [3.05, 3.63) is 0 Å². The third kappa shape index (κ3) is 2.46. The summed E-state index contributed by atoms with van der Waals surface area (Å²) in [5.74, 6) is 2.05. The maximum Gasteiger partial charge on any atom is 0.100 e. The van der Waals surface area contributed by atoms with Crippen LogP contribution in [0.25, 0.3) is 0 Å². The van der Waals surface area contributed by atoms with Gasteiger partial charge in [-0.2, -0.15) is 0 Å². The van der Waals surface area contributed by atoms with Crippen molar-refractivity contribution in [2.24, 2.45) is 17.8 Å². The van der Waals surface area contributed by atoms with Crippen LogP contribution in [-0.4, -0.2) is 6.17 Å². The predicted molar refractivity (Wildman–Crippen MR) is 50.9 cm³/mol. The number of hydrogen-bond donors (Lipinski definition) is 0. The third-order valence-electron chi connectivity index (χ3n) is 3.45. The minimum Gasteiger partial charge on any atom is -0.247 e. The van der Waals surface area contributed by atoms with Crippen LogP contribution < -0.4 is 0 Å². The molecule has 0 spiro atoms. The summed E-state index contributed by atoms with van der Waals surface area (Å²) in [6.07, 6.45) is 3.47. The van der Waals surface area contributed by atoms with Crippen molar-refractivity contribution in [2.45, 2.75) is 52.6 Å². The lowest BCUT2D eigenvalue weighted by Crippen LogP contribution is -2.24. The number of rotatable bonds is 2. The average molecular weight is 172 g/mol. The van der Waals surface area contributed by atoms with Gasteiger partial charge in [0.1, 0.15) is 6.17 Å². The van der Waals surface area contributed by atoms with E-state index in [9.17, 15) is 4.39 Å². The zero-order valence-electron chi connectivity index (χ0n) is 8.52. The van der Waals surface area contributed by atoms with E-state index < -0.39 is 6.17 Å². The van der Waals surface area contributed by atoms with Crippen LogP contribution in [-0.2, 0) is 0 Å². The molecule has 0 aliphatic heterocycles. The van der Waals surface area contributed by atoms with Crippen LogP contribution >= 0.6 is 0 Å². The van der Waals surface area contributed by atoms with Crippen LogP contribution in [0.2, 0.25) is 0 Å². The van der Waals surface area contributed by atoms with E-state index in [1.54, 1.807) is 0 Å². The Hall–Kier alpha value is -0.0700. The fraction of sp³-hybridized carbons (Fsp3) is 1.00. The molecule has 0 saturated heterocycles. The molecule has 3 atom stereocenters. The molecule has 0 aromatic rings. The Balaban J connectivity index is 2.40. The van der Waals surface area contributed by atoms with Gasteiger partial charge in [-0.3, -0.25) is 0 Å². The van der Waals surface area contributed by atoms with E-state index in [1.165, 1.54) is 6.42 Å². The molecule has 72 valence electrons. The molecule has 1 saturated carbocycles. The molecule has 0 aromatic heterocycles. The molecular formula is C11H21F. The first-order valence-corrected chi connectivity index (χ1v) is 5.25. The molecule has 1 fully saturated rings. The summed E-state index contributed by atoms with van der Waals surface area (Å²) >= 11 is 0. The number of halogens is 1. The lowest BCUT2D eigenvalue weighted by Gasteiger charge is -2.31. The molecular weight excluding hydrogens is 151 g/mol. The summed E-state index contributed by atoms with van der Waals surface area (Å²) < 4.78 is 13.1. The molecule has 12 heavy (non-hydrogen) atoms. The molecule has 2 unspecified atom stereocenters. The van der Waals surface area contributed by atoms with Gasteiger partial charge in [0, 0.05) is 0 Å². The molecule has 1 rings (SSSR count). The predicted octanol–water partition coefficient (Wildman–Crippen LogP) is 3.81. The van der Waals surface area contributed by atoms with Crippen molar-refractivity contribution in [2.75, 3.05) is 0 Å². The van der Waals surface area contributed by atoms with E-state index in [0.717, 1.165) is 19.3 Å². The Morgan fingerprint density at radius 3 is 2.33 bits per heavy atom. The molecule has 0 heterocycles. The van der Waals surface area contributed by atoms with Gasteiger partial charge in [-0.05, 0) is 37.0 Å². The smallest absolute Gasteiger partial charge is 0.100 e. The monoisotopic (exact) mass is 172 g/mol. The number of hydrogen-bond acceptors (Lipinski definition) is 0. The fourth-order valence-corrected chi connectivity index (χ4v) is 2.19. The van der Waals surface area contributed by atoms with Gasteiger partial charge < -0.3 is 0 Å². The van der Waals surface area contributed by atoms with Crippen LogP contribution in [0.4, 0.5) is 4.39 Å². The topological polar surface area (TPSA) is 0 Å². The zero-order chi connectivity index (χ0) is 9.14. The lowest BCUT2D eigenvalue weighted by molar-refractivity contribution is 0.139. The Labute approximate surface area is 75.5 Å². The first kappa shape index (κ1) is 10.0. The highest BCUT2D eigenvalue weighted by atomic mass is 19.1. The second-order valence-electron chi connectivity index (χ2n) is 4.63. The van der Waals surface area contributed by atoms with E-state index in [0.29, 0.717) is 17.8 Å². The van der Waals surface area contributed by atoms with Crippen molar-refractivity contribution in [1.82, 2.24) is 0 Å². The summed E-state index contributed by atoms with van der Waals surface area (Å²) in [6.45, 7) is 6.76. The van der Waals surface area contributed by atoms with Crippen molar-refractivity contribution < 1.29 is 4.39 Å². The summed E-state index contributed by atoms with van der Waals surface area (Å²) in [5, 5.41) is 0. The van der Waals surface area contributed by atoms with Crippen LogP contribution in [0.1, 0.15) is 46.5 Å². The Bertz CT molecular complexity index is 131. The lowest BCUT2D eigenvalue weighted by atomic mass is 9.75. The fourth-order valence-electron chi connectivity index (χ4n) is 2.19. The molecule has 1 aliphatic rings. The van der Waals surface area contributed by atoms with Gasteiger partial charge in [0.15, 0.2) is 0 Å². The molecule has 0 nitrogen and oxygen atoms in total. The summed E-state index contributed by atoms with van der Waals surface area (Å²) in [5.41, 5.74) is 0. The van der Waals surface area contributed by atoms with Gasteiger partial charge in [-0.25, -0.2) is 4.39 Å². The molecule has 0 aromatic carbocycles. The largest absolute Gasteiger partial charge is 0.247 e. The van der Waals surface area contributed by atoms with E-state index in [4.69, 9.17) is 0 Å². The standard InChI is InChI=1S/C11H21F/c1-8(2)9(3)10-5-4-6-11(12)7-10/h8-11H,4-7H2,1-3H3/t9-,10?,11?/m0/s1. The second-order valence-corrected chi connectivity index (χ2v) is 4.63. The second kappa shape index (κ2) is 4.25. The summed E-state index contributed by atoms with van der Waals surface area (Å²) in [7, 11) is 0. The van der Waals surface area contributed by atoms with E-state index >= 15 is 0 Å². The quantitative estimate of drug-likeness (QED) is 0.594. The molecule has 1 heteroatoms. The Morgan fingerprint density at radius 1 is 1.17 bits per heavy atom. The zero-order valence-corrected chi connectivity index (χ0v) is 8.52. The summed E-state index contributed by atoms with van der Waals surface area (Å²) in [4.78, 5) is 0. The first-order valence-electron chi connectivity index (χ1n) is 5.25. The molecule has 0 bridgehead atoms. The Morgan fingerprint density at radius 2 is 1.83 bits per heavy atom. The van der Waals surface area contributed by atoms with Crippen LogP contribution in [0.3, 0.4) is 0 Å². The normalized spacial score (nSPS) is 33.8. The average Bonchev–Trinajstić information content (AvgIpc) is 2.03. The first-order chi connectivity index (χ1) is 5.61. The van der Waals surface area contributed by atoms with E-state index in [-0.39, 0.29) is 0 Å². The van der Waals surface area contributed by atoms with Crippen LogP contribution in [0.15, 0.2) is 0 Å². The van der Waals surface area contributed by atoms with Gasteiger partial charge in [0.05, 0.1) is 0 Å². The highest BCUT2D eigenvalue weighted by Gasteiger charge is 2.27. The van der Waals surface area contributed by atoms with Crippen LogP contribution in [0.5, 0.6) is 0 Å². The van der Waals surface area contributed by atoms with Crippen molar-refractivity contribution in [3.63, 3.8) is 0 Å². The highest BCUT2D eigenvalue weighted by molar-refractivity contribution is 4.77.